The number of hydrogen-bond acceptors (Lipinski definition) is 5. The summed E-state index contributed by atoms with van der Waals surface area (Å²) in [7, 11) is 0. The summed E-state index contributed by atoms with van der Waals surface area (Å²) < 4.78 is 0. The summed E-state index contributed by atoms with van der Waals surface area (Å²) in [6, 6.07) is 14.2. The maximum absolute atomic E-state index is 10.7. The Kier molecular flexibility index (Phi) is 4.10. The highest BCUT2D eigenvalue weighted by Gasteiger charge is 2.18. The Labute approximate surface area is 136 Å². The Bertz CT molecular complexity index is 910. The van der Waals surface area contributed by atoms with Crippen molar-refractivity contribution in [3.8, 4) is 0 Å². The molecule has 1 aliphatic rings. The van der Waals surface area contributed by atoms with Crippen molar-refractivity contribution in [3.05, 3.63) is 91.7 Å². The number of halogens is 1. The number of hydroxylamine groups is 2. The molecule has 0 aromatic heterocycles. The van der Waals surface area contributed by atoms with Gasteiger partial charge in [0.15, 0.2) is 0 Å². The van der Waals surface area contributed by atoms with E-state index >= 15 is 0 Å². The van der Waals surface area contributed by atoms with Crippen molar-refractivity contribution >= 4 is 17.3 Å². The van der Waals surface area contributed by atoms with Gasteiger partial charge in [-0.25, -0.2) is 10.1 Å². The molecular formula is C16H12ClN3O3. The topological polar surface area (TPSA) is 79.0 Å². The molecule has 7 heteroatoms. The van der Waals surface area contributed by atoms with Crippen LogP contribution in [0, 0.1) is 10.1 Å². The Hall–Kier alpha value is -2.70. The molecule has 0 radical (unpaired) electrons. The van der Waals surface area contributed by atoms with Gasteiger partial charge < -0.3 is 0 Å². The van der Waals surface area contributed by atoms with Gasteiger partial charge >= 0.3 is 0 Å². The Morgan fingerprint density at radius 2 is 2.00 bits per heavy atom. The van der Waals surface area contributed by atoms with E-state index in [1.807, 2.05) is 30.3 Å². The van der Waals surface area contributed by atoms with E-state index in [9.17, 15) is 15.3 Å². The molecule has 6 nitrogen and oxygen atoms in total. The molecule has 0 fully saturated rings. The normalized spacial score (nSPS) is 15.8. The largest absolute Gasteiger partial charge is 0.288 e. The predicted octanol–water partition coefficient (Wildman–Crippen LogP) is 1.94. The second-order valence-electron chi connectivity index (χ2n) is 4.95. The van der Waals surface area contributed by atoms with Crippen molar-refractivity contribution in [2.75, 3.05) is 6.54 Å². The first kappa shape index (κ1) is 15.2. The van der Waals surface area contributed by atoms with Gasteiger partial charge in [0.1, 0.15) is 5.70 Å². The first-order chi connectivity index (χ1) is 11.0. The fraction of sp³-hybridized carbons (Fsp3) is 0.0625. The van der Waals surface area contributed by atoms with Crippen LogP contribution in [0.3, 0.4) is 0 Å². The van der Waals surface area contributed by atoms with Gasteiger partial charge in [-0.3, -0.25) is 15.3 Å². The third-order valence-corrected chi connectivity index (χ3v) is 3.58. The Morgan fingerprint density at radius 1 is 1.26 bits per heavy atom. The second kappa shape index (κ2) is 6.20. The lowest BCUT2D eigenvalue weighted by molar-refractivity contribution is -0.403. The summed E-state index contributed by atoms with van der Waals surface area (Å²) in [5, 5.41) is 23.8. The van der Waals surface area contributed by atoms with Gasteiger partial charge in [-0.15, -0.1) is 0 Å². The van der Waals surface area contributed by atoms with E-state index in [4.69, 9.17) is 11.6 Å². The minimum atomic E-state index is -0.588. The molecule has 2 aromatic rings. The zero-order valence-corrected chi connectivity index (χ0v) is 12.6. The van der Waals surface area contributed by atoms with E-state index < -0.39 is 4.92 Å². The average molecular weight is 330 g/mol. The van der Waals surface area contributed by atoms with Crippen molar-refractivity contribution < 1.29 is 10.1 Å². The Balaban J connectivity index is 2.36. The fourth-order valence-electron chi connectivity index (χ4n) is 2.45. The molecule has 1 N–H and O–H groups in total. The lowest BCUT2D eigenvalue weighted by atomic mass is 10.1. The fourth-order valence-corrected chi connectivity index (χ4v) is 2.62. The van der Waals surface area contributed by atoms with Crippen LogP contribution >= 0.6 is 11.6 Å². The third kappa shape index (κ3) is 3.23. The van der Waals surface area contributed by atoms with Crippen molar-refractivity contribution in [1.82, 2.24) is 5.06 Å². The summed E-state index contributed by atoms with van der Waals surface area (Å²) in [6.45, 7) is -0.0997. The van der Waals surface area contributed by atoms with Crippen LogP contribution in [0.5, 0.6) is 0 Å². The van der Waals surface area contributed by atoms with Crippen LogP contribution in [0.2, 0.25) is 5.02 Å². The summed E-state index contributed by atoms with van der Waals surface area (Å²) in [5.74, 6) is 0. The average Bonchev–Trinajstić information content (AvgIpc) is 2.62. The predicted molar refractivity (Wildman–Crippen MR) is 84.8 cm³/mol. The number of nitro groups is 1. The number of nitrogens with zero attached hydrogens (tertiary/aromatic N) is 3. The molecular weight excluding hydrogens is 318 g/mol. The zero-order valence-electron chi connectivity index (χ0n) is 11.9. The van der Waals surface area contributed by atoms with Crippen LogP contribution in [0.4, 0.5) is 0 Å². The molecule has 3 rings (SSSR count). The SMILES string of the molecule is O=[N+]([O-])/C=C1/CN(O)C(c2ccccc2)=c2cc(Cl)ccc2=N1. The van der Waals surface area contributed by atoms with Crippen molar-refractivity contribution in [1.29, 1.82) is 0 Å². The van der Waals surface area contributed by atoms with Gasteiger partial charge in [0.05, 0.1) is 22.5 Å². The molecule has 23 heavy (non-hydrogen) atoms. The van der Waals surface area contributed by atoms with Gasteiger partial charge in [0.25, 0.3) is 6.20 Å². The first-order valence-corrected chi connectivity index (χ1v) is 7.17. The third-order valence-electron chi connectivity index (χ3n) is 3.35. The number of rotatable bonds is 2. The van der Waals surface area contributed by atoms with Gasteiger partial charge in [-0.05, 0) is 18.2 Å². The van der Waals surface area contributed by atoms with E-state index in [0.29, 0.717) is 21.3 Å². The van der Waals surface area contributed by atoms with Crippen LogP contribution in [0.1, 0.15) is 5.56 Å². The highest BCUT2D eigenvalue weighted by Crippen LogP contribution is 2.17. The molecule has 0 saturated heterocycles. The van der Waals surface area contributed by atoms with Gasteiger partial charge in [-0.1, -0.05) is 41.9 Å². The van der Waals surface area contributed by atoms with E-state index in [1.54, 1.807) is 18.2 Å². The molecule has 0 spiro atoms. The summed E-state index contributed by atoms with van der Waals surface area (Å²) in [5.41, 5.74) is 1.40. The minimum Gasteiger partial charge on any atom is -0.288 e. The molecule has 0 aliphatic carbocycles. The standard InChI is InChI=1S/C16H12ClN3O3/c17-12-6-7-15-14(8-12)16(11-4-2-1-3-5-11)19(21)9-13(18-15)10-20(22)23/h1-8,10,21H,9H2/b13-10-. The lowest BCUT2D eigenvalue weighted by Crippen LogP contribution is -2.31. The van der Waals surface area contributed by atoms with E-state index in [-0.39, 0.29) is 12.2 Å². The van der Waals surface area contributed by atoms with E-state index in [2.05, 4.69) is 4.99 Å². The summed E-state index contributed by atoms with van der Waals surface area (Å²) in [6.07, 6.45) is 0.787. The number of fused-ring (bicyclic) bond motifs is 1. The zero-order chi connectivity index (χ0) is 16.4. The smallest absolute Gasteiger partial charge is 0.257 e. The molecule has 0 amide bonds. The molecule has 116 valence electrons. The highest BCUT2D eigenvalue weighted by molar-refractivity contribution is 6.30. The number of benzene rings is 2. The molecule has 0 bridgehead atoms. The number of hydrogen-bond donors (Lipinski definition) is 1. The van der Waals surface area contributed by atoms with Crippen LogP contribution in [0.25, 0.3) is 5.70 Å². The van der Waals surface area contributed by atoms with Gasteiger partial charge in [0.2, 0.25) is 0 Å². The van der Waals surface area contributed by atoms with Crippen LogP contribution in [-0.2, 0) is 0 Å². The monoisotopic (exact) mass is 329 g/mol. The quantitative estimate of drug-likeness (QED) is 0.674. The van der Waals surface area contributed by atoms with Crippen LogP contribution in [-0.4, -0.2) is 21.7 Å². The van der Waals surface area contributed by atoms with Gasteiger partial charge in [0, 0.05) is 15.8 Å². The molecule has 1 heterocycles. The maximum atomic E-state index is 10.7. The van der Waals surface area contributed by atoms with Crippen molar-refractivity contribution in [3.63, 3.8) is 0 Å². The Morgan fingerprint density at radius 3 is 2.70 bits per heavy atom. The first-order valence-electron chi connectivity index (χ1n) is 6.79. The molecule has 0 unspecified atom stereocenters. The van der Waals surface area contributed by atoms with E-state index in [1.165, 1.54) is 0 Å². The van der Waals surface area contributed by atoms with Crippen molar-refractivity contribution in [2.24, 2.45) is 4.99 Å². The molecule has 0 atom stereocenters. The minimum absolute atomic E-state index is 0.0997. The maximum Gasteiger partial charge on any atom is 0.257 e. The highest BCUT2D eigenvalue weighted by atomic mass is 35.5. The van der Waals surface area contributed by atoms with E-state index in [0.717, 1.165) is 16.8 Å². The van der Waals surface area contributed by atoms with Gasteiger partial charge in [-0.2, -0.15) is 0 Å². The molecule has 1 aliphatic heterocycles. The van der Waals surface area contributed by atoms with Crippen LogP contribution in [0.15, 0.2) is 65.4 Å². The molecule has 0 saturated carbocycles. The summed E-state index contributed by atoms with van der Waals surface area (Å²) in [4.78, 5) is 14.4. The lowest BCUT2D eigenvalue weighted by Gasteiger charge is -2.19. The molecule has 2 aromatic carbocycles. The summed E-state index contributed by atoms with van der Waals surface area (Å²) >= 11 is 6.07. The second-order valence-corrected chi connectivity index (χ2v) is 5.39. The van der Waals surface area contributed by atoms with Crippen molar-refractivity contribution in [2.45, 2.75) is 0 Å². The van der Waals surface area contributed by atoms with Crippen LogP contribution < -0.4 is 10.6 Å².